The van der Waals surface area contributed by atoms with Crippen molar-refractivity contribution in [2.75, 3.05) is 5.32 Å². The van der Waals surface area contributed by atoms with Crippen molar-refractivity contribution in [3.63, 3.8) is 0 Å². The molecule has 0 spiro atoms. The Labute approximate surface area is 163 Å². The number of anilines is 1. The van der Waals surface area contributed by atoms with Crippen LogP contribution in [-0.2, 0) is 11.2 Å². The predicted molar refractivity (Wildman–Crippen MR) is 109 cm³/mol. The minimum absolute atomic E-state index is 0.128. The lowest BCUT2D eigenvalue weighted by Gasteiger charge is -2.12. The van der Waals surface area contributed by atoms with E-state index in [0.717, 1.165) is 11.3 Å². The summed E-state index contributed by atoms with van der Waals surface area (Å²) in [6.07, 6.45) is 3.80. The third-order valence-corrected chi connectivity index (χ3v) is 4.15. The van der Waals surface area contributed by atoms with Crippen molar-refractivity contribution in [2.24, 2.45) is 0 Å². The number of hydrogen-bond donors (Lipinski definition) is 1. The molecule has 0 radical (unpaired) electrons. The summed E-state index contributed by atoms with van der Waals surface area (Å²) in [6.45, 7) is 0. The average molecular weight is 369 g/mol. The molecule has 5 nitrogen and oxygen atoms in total. The zero-order valence-corrected chi connectivity index (χ0v) is 15.2. The number of nitrogens with one attached hydrogen (secondary N) is 1. The van der Waals surface area contributed by atoms with Crippen molar-refractivity contribution in [2.45, 2.75) is 6.42 Å². The summed E-state index contributed by atoms with van der Waals surface area (Å²) in [7, 11) is 0. The number of rotatable bonds is 6. The molecular weight excluding hydrogens is 350 g/mol. The number of carbonyl (C=O) groups is 1. The summed E-state index contributed by atoms with van der Waals surface area (Å²) in [5.41, 5.74) is 2.42. The second kappa shape index (κ2) is 8.22. The molecule has 1 amide bonds. The normalized spacial score (nSPS) is 10.4. The van der Waals surface area contributed by atoms with Gasteiger partial charge in [0.1, 0.15) is 5.75 Å². The van der Waals surface area contributed by atoms with Gasteiger partial charge in [-0.1, -0.05) is 48.5 Å². The van der Waals surface area contributed by atoms with Gasteiger partial charge in [0, 0.05) is 6.20 Å². The first kappa shape index (κ1) is 17.5. The zero-order valence-electron chi connectivity index (χ0n) is 15.2. The van der Waals surface area contributed by atoms with Crippen molar-refractivity contribution in [3.8, 4) is 17.2 Å². The molecule has 5 heteroatoms. The third kappa shape index (κ3) is 4.27. The summed E-state index contributed by atoms with van der Waals surface area (Å²) in [4.78, 5) is 12.5. The van der Waals surface area contributed by atoms with Crippen LogP contribution in [0, 0.1) is 0 Å². The van der Waals surface area contributed by atoms with Crippen LogP contribution in [0.2, 0.25) is 0 Å². The Morgan fingerprint density at radius 3 is 2.36 bits per heavy atom. The molecule has 1 N–H and O–H groups in total. The maximum Gasteiger partial charge on any atom is 0.229 e. The Morgan fingerprint density at radius 2 is 1.57 bits per heavy atom. The SMILES string of the molecule is O=C(Cc1cnn(-c2ccccc2)c1)Nc1ccccc1Oc1ccccc1. The van der Waals surface area contributed by atoms with Crippen LogP contribution in [0.3, 0.4) is 0 Å². The van der Waals surface area contributed by atoms with Crippen LogP contribution in [0.1, 0.15) is 5.56 Å². The van der Waals surface area contributed by atoms with Crippen molar-refractivity contribution >= 4 is 11.6 Å². The first-order valence-corrected chi connectivity index (χ1v) is 8.99. The van der Waals surface area contributed by atoms with E-state index in [0.29, 0.717) is 17.2 Å². The lowest BCUT2D eigenvalue weighted by atomic mass is 10.2. The number of benzene rings is 3. The molecule has 138 valence electrons. The Balaban J connectivity index is 1.44. The molecule has 28 heavy (non-hydrogen) atoms. The van der Waals surface area contributed by atoms with E-state index in [2.05, 4.69) is 10.4 Å². The molecule has 0 saturated carbocycles. The predicted octanol–water partition coefficient (Wildman–Crippen LogP) is 4.85. The second-order valence-corrected chi connectivity index (χ2v) is 6.26. The maximum absolute atomic E-state index is 12.5. The van der Waals surface area contributed by atoms with E-state index >= 15 is 0 Å². The van der Waals surface area contributed by atoms with E-state index in [-0.39, 0.29) is 12.3 Å². The molecule has 0 fully saturated rings. The van der Waals surface area contributed by atoms with Gasteiger partial charge < -0.3 is 10.1 Å². The summed E-state index contributed by atoms with van der Waals surface area (Å²) >= 11 is 0. The standard InChI is InChI=1S/C23H19N3O2/c27-23(15-18-16-24-26(17-18)19-9-3-1-4-10-19)25-21-13-7-8-14-22(21)28-20-11-5-2-6-12-20/h1-14,16-17H,15H2,(H,25,27). The fraction of sp³-hybridized carbons (Fsp3) is 0.0435. The topological polar surface area (TPSA) is 56.2 Å². The van der Waals surface area contributed by atoms with Crippen molar-refractivity contribution in [3.05, 3.63) is 103 Å². The number of nitrogens with zero attached hydrogens (tertiary/aromatic N) is 2. The van der Waals surface area contributed by atoms with Gasteiger partial charge in [-0.05, 0) is 42.0 Å². The van der Waals surface area contributed by atoms with Crippen LogP contribution in [0.5, 0.6) is 11.5 Å². The van der Waals surface area contributed by atoms with Crippen LogP contribution in [0.25, 0.3) is 5.69 Å². The fourth-order valence-corrected chi connectivity index (χ4v) is 2.83. The number of amides is 1. The van der Waals surface area contributed by atoms with E-state index in [1.165, 1.54) is 0 Å². The van der Waals surface area contributed by atoms with Gasteiger partial charge in [-0.2, -0.15) is 5.10 Å². The molecule has 0 aliphatic heterocycles. The molecule has 4 rings (SSSR count). The van der Waals surface area contributed by atoms with Crippen molar-refractivity contribution in [1.82, 2.24) is 9.78 Å². The summed E-state index contributed by atoms with van der Waals surface area (Å²) < 4.78 is 7.65. The number of para-hydroxylation sites is 4. The molecule has 0 unspecified atom stereocenters. The lowest BCUT2D eigenvalue weighted by molar-refractivity contribution is -0.115. The van der Waals surface area contributed by atoms with Crippen molar-refractivity contribution < 1.29 is 9.53 Å². The summed E-state index contributed by atoms with van der Waals surface area (Å²) in [5.74, 6) is 1.19. The van der Waals surface area contributed by atoms with Crippen LogP contribution in [-0.4, -0.2) is 15.7 Å². The maximum atomic E-state index is 12.5. The number of aromatic nitrogens is 2. The van der Waals surface area contributed by atoms with E-state index < -0.39 is 0 Å². The molecule has 1 heterocycles. The fourth-order valence-electron chi connectivity index (χ4n) is 2.83. The quantitative estimate of drug-likeness (QED) is 0.529. The highest BCUT2D eigenvalue weighted by atomic mass is 16.5. The largest absolute Gasteiger partial charge is 0.455 e. The molecule has 0 bridgehead atoms. The van der Waals surface area contributed by atoms with Crippen LogP contribution >= 0.6 is 0 Å². The third-order valence-electron chi connectivity index (χ3n) is 4.15. The minimum Gasteiger partial charge on any atom is -0.455 e. The molecular formula is C23H19N3O2. The van der Waals surface area contributed by atoms with E-state index in [9.17, 15) is 4.79 Å². The van der Waals surface area contributed by atoms with Crippen LogP contribution < -0.4 is 10.1 Å². The highest BCUT2D eigenvalue weighted by molar-refractivity contribution is 5.93. The number of carbonyl (C=O) groups excluding carboxylic acids is 1. The van der Waals surface area contributed by atoms with Gasteiger partial charge in [-0.3, -0.25) is 4.79 Å². The van der Waals surface area contributed by atoms with E-state index in [1.54, 1.807) is 10.9 Å². The Morgan fingerprint density at radius 1 is 0.893 bits per heavy atom. The Bertz CT molecular complexity index is 1060. The monoisotopic (exact) mass is 369 g/mol. The molecule has 1 aromatic heterocycles. The lowest BCUT2D eigenvalue weighted by Crippen LogP contribution is -2.14. The highest BCUT2D eigenvalue weighted by Crippen LogP contribution is 2.29. The van der Waals surface area contributed by atoms with Gasteiger partial charge in [0.05, 0.1) is 24.0 Å². The van der Waals surface area contributed by atoms with Gasteiger partial charge >= 0.3 is 0 Å². The van der Waals surface area contributed by atoms with Gasteiger partial charge in [0.15, 0.2) is 5.75 Å². The van der Waals surface area contributed by atoms with Gasteiger partial charge in [-0.25, -0.2) is 4.68 Å². The molecule has 0 aliphatic rings. The minimum atomic E-state index is -0.128. The van der Waals surface area contributed by atoms with Crippen LogP contribution in [0.15, 0.2) is 97.3 Å². The van der Waals surface area contributed by atoms with E-state index in [4.69, 9.17) is 4.74 Å². The first-order chi connectivity index (χ1) is 13.8. The van der Waals surface area contributed by atoms with Gasteiger partial charge in [0.2, 0.25) is 5.91 Å². The highest BCUT2D eigenvalue weighted by Gasteiger charge is 2.11. The molecule has 0 aliphatic carbocycles. The van der Waals surface area contributed by atoms with Crippen molar-refractivity contribution in [1.29, 1.82) is 0 Å². The molecule has 0 saturated heterocycles. The van der Waals surface area contributed by atoms with E-state index in [1.807, 2.05) is 91.1 Å². The molecule has 0 atom stereocenters. The zero-order chi connectivity index (χ0) is 19.2. The Kier molecular flexibility index (Phi) is 5.15. The van der Waals surface area contributed by atoms with Gasteiger partial charge in [0.25, 0.3) is 0 Å². The smallest absolute Gasteiger partial charge is 0.229 e. The van der Waals surface area contributed by atoms with Gasteiger partial charge in [-0.15, -0.1) is 0 Å². The molecule has 4 aromatic rings. The molecule has 3 aromatic carbocycles. The second-order valence-electron chi connectivity index (χ2n) is 6.26. The Hall–Kier alpha value is -3.86. The number of ether oxygens (including phenoxy) is 1. The summed E-state index contributed by atoms with van der Waals surface area (Å²) in [6, 6.07) is 26.7. The summed E-state index contributed by atoms with van der Waals surface area (Å²) in [5, 5.41) is 7.26. The first-order valence-electron chi connectivity index (χ1n) is 8.99. The average Bonchev–Trinajstić information content (AvgIpc) is 3.19. The van der Waals surface area contributed by atoms with Crippen LogP contribution in [0.4, 0.5) is 5.69 Å². The number of hydrogen-bond acceptors (Lipinski definition) is 3.